The van der Waals surface area contributed by atoms with Crippen LogP contribution in [0.15, 0.2) is 12.1 Å². The predicted octanol–water partition coefficient (Wildman–Crippen LogP) is 2.86. The third-order valence-electron chi connectivity index (χ3n) is 2.76. The van der Waals surface area contributed by atoms with E-state index in [1.54, 1.807) is 17.0 Å². The first-order chi connectivity index (χ1) is 7.99. The number of carbonyl (C=O) groups is 2. The Morgan fingerprint density at radius 2 is 2.06 bits per heavy atom. The molecular formula is C12H11Cl2NO2. The fourth-order valence-corrected chi connectivity index (χ4v) is 2.66. The zero-order valence-corrected chi connectivity index (χ0v) is 10.8. The van der Waals surface area contributed by atoms with Crippen LogP contribution in [-0.4, -0.2) is 18.2 Å². The molecule has 1 aliphatic rings. The Morgan fingerprint density at radius 1 is 1.35 bits per heavy atom. The summed E-state index contributed by atoms with van der Waals surface area (Å²) in [5, 5.41) is 0.893. The molecule has 0 unspecified atom stereocenters. The van der Waals surface area contributed by atoms with Gasteiger partial charge >= 0.3 is 0 Å². The number of hydrogen-bond acceptors (Lipinski definition) is 2. The minimum absolute atomic E-state index is 0.0910. The van der Waals surface area contributed by atoms with Gasteiger partial charge < -0.3 is 4.90 Å². The van der Waals surface area contributed by atoms with E-state index in [4.69, 9.17) is 23.2 Å². The van der Waals surface area contributed by atoms with Crippen molar-refractivity contribution < 1.29 is 9.59 Å². The topological polar surface area (TPSA) is 37.4 Å². The summed E-state index contributed by atoms with van der Waals surface area (Å²) in [5.74, 6) is -0.0292. The molecule has 0 aromatic heterocycles. The molecule has 0 saturated heterocycles. The second-order valence-electron chi connectivity index (χ2n) is 4.03. The molecule has 0 spiro atoms. The average molecular weight is 272 g/mol. The van der Waals surface area contributed by atoms with Crippen LogP contribution >= 0.6 is 23.2 Å². The largest absolute Gasteiger partial charge is 0.310 e. The number of benzene rings is 1. The molecule has 1 aromatic rings. The molecule has 0 radical (unpaired) electrons. The number of rotatable bonds is 0. The van der Waals surface area contributed by atoms with E-state index in [9.17, 15) is 9.59 Å². The molecule has 17 heavy (non-hydrogen) atoms. The summed E-state index contributed by atoms with van der Waals surface area (Å²) in [6.07, 6.45) is 0.627. The van der Waals surface area contributed by atoms with Gasteiger partial charge in [-0.1, -0.05) is 23.2 Å². The first-order valence-corrected chi connectivity index (χ1v) is 6.02. The highest BCUT2D eigenvalue weighted by molar-refractivity contribution is 6.37. The SMILES string of the molecule is CC(=O)N1CCC(=O)Cc2cc(Cl)cc(Cl)c21. The average Bonchev–Trinajstić information content (AvgIpc) is 2.36. The lowest BCUT2D eigenvalue weighted by molar-refractivity contribution is -0.118. The first kappa shape index (κ1) is 12.4. The highest BCUT2D eigenvalue weighted by Gasteiger charge is 2.24. The molecule has 0 atom stereocenters. The van der Waals surface area contributed by atoms with Crippen LogP contribution < -0.4 is 4.90 Å². The van der Waals surface area contributed by atoms with Gasteiger partial charge in [-0.05, 0) is 17.7 Å². The summed E-state index contributed by atoms with van der Waals surface area (Å²) >= 11 is 12.0. The number of hydrogen-bond donors (Lipinski definition) is 0. The molecule has 0 bridgehead atoms. The second kappa shape index (κ2) is 4.67. The predicted molar refractivity (Wildman–Crippen MR) is 67.8 cm³/mol. The van der Waals surface area contributed by atoms with Crippen molar-refractivity contribution in [3.63, 3.8) is 0 Å². The molecule has 1 aliphatic heterocycles. The van der Waals surface area contributed by atoms with Crippen molar-refractivity contribution in [3.05, 3.63) is 27.7 Å². The summed E-state index contributed by atoms with van der Waals surface area (Å²) in [6, 6.07) is 3.29. The number of fused-ring (bicyclic) bond motifs is 1. The van der Waals surface area contributed by atoms with Gasteiger partial charge in [0.2, 0.25) is 5.91 Å². The fraction of sp³-hybridized carbons (Fsp3) is 0.333. The minimum atomic E-state index is -0.120. The Morgan fingerprint density at radius 3 is 2.71 bits per heavy atom. The van der Waals surface area contributed by atoms with Crippen molar-refractivity contribution in [2.24, 2.45) is 0 Å². The molecule has 1 amide bonds. The Hall–Kier alpha value is -1.06. The van der Waals surface area contributed by atoms with Gasteiger partial charge in [0, 0.05) is 31.3 Å². The molecule has 5 heteroatoms. The van der Waals surface area contributed by atoms with Crippen LogP contribution in [0.25, 0.3) is 0 Å². The van der Waals surface area contributed by atoms with Crippen molar-refractivity contribution in [2.75, 3.05) is 11.4 Å². The first-order valence-electron chi connectivity index (χ1n) is 5.27. The smallest absolute Gasteiger partial charge is 0.223 e. The molecular weight excluding hydrogens is 261 g/mol. The lowest BCUT2D eigenvalue weighted by atomic mass is 10.1. The van der Waals surface area contributed by atoms with Gasteiger partial charge in [0.05, 0.1) is 10.7 Å². The van der Waals surface area contributed by atoms with Crippen molar-refractivity contribution in [3.8, 4) is 0 Å². The Balaban J connectivity index is 2.60. The molecule has 2 rings (SSSR count). The van der Waals surface area contributed by atoms with Gasteiger partial charge in [-0.3, -0.25) is 9.59 Å². The highest BCUT2D eigenvalue weighted by atomic mass is 35.5. The highest BCUT2D eigenvalue weighted by Crippen LogP contribution is 2.35. The fourth-order valence-electron chi connectivity index (χ4n) is 2.02. The Kier molecular flexibility index (Phi) is 3.40. The van der Waals surface area contributed by atoms with Crippen LogP contribution in [-0.2, 0) is 16.0 Å². The minimum Gasteiger partial charge on any atom is -0.310 e. The van der Waals surface area contributed by atoms with E-state index in [-0.39, 0.29) is 18.1 Å². The third-order valence-corrected chi connectivity index (χ3v) is 3.27. The summed E-state index contributed by atoms with van der Waals surface area (Å²) < 4.78 is 0. The summed E-state index contributed by atoms with van der Waals surface area (Å²) in [4.78, 5) is 24.7. The van der Waals surface area contributed by atoms with E-state index in [0.29, 0.717) is 28.7 Å². The molecule has 1 heterocycles. The van der Waals surface area contributed by atoms with Crippen molar-refractivity contribution in [1.82, 2.24) is 0 Å². The summed E-state index contributed by atoms with van der Waals surface area (Å²) in [6.45, 7) is 1.84. The van der Waals surface area contributed by atoms with Crippen LogP contribution in [0.1, 0.15) is 18.9 Å². The molecule has 0 N–H and O–H groups in total. The molecule has 0 saturated carbocycles. The van der Waals surface area contributed by atoms with Gasteiger partial charge in [-0.25, -0.2) is 0 Å². The number of anilines is 1. The van der Waals surface area contributed by atoms with Crippen LogP contribution in [0.3, 0.4) is 0 Å². The number of carbonyl (C=O) groups excluding carboxylic acids is 2. The van der Waals surface area contributed by atoms with Gasteiger partial charge in [0.25, 0.3) is 0 Å². The number of ketones is 1. The third kappa shape index (κ3) is 2.45. The van der Waals surface area contributed by atoms with Crippen LogP contribution in [0.5, 0.6) is 0 Å². The van der Waals surface area contributed by atoms with E-state index in [1.807, 2.05) is 0 Å². The van der Waals surface area contributed by atoms with Gasteiger partial charge in [-0.2, -0.15) is 0 Å². The molecule has 0 fully saturated rings. The molecule has 90 valence electrons. The molecule has 1 aromatic carbocycles. The maximum Gasteiger partial charge on any atom is 0.223 e. The quantitative estimate of drug-likeness (QED) is 0.728. The zero-order chi connectivity index (χ0) is 12.6. The van der Waals surface area contributed by atoms with E-state index in [2.05, 4.69) is 0 Å². The number of amides is 1. The lowest BCUT2D eigenvalue weighted by Crippen LogP contribution is -2.29. The van der Waals surface area contributed by atoms with Gasteiger partial charge in [0.1, 0.15) is 5.78 Å². The second-order valence-corrected chi connectivity index (χ2v) is 4.88. The van der Waals surface area contributed by atoms with Crippen molar-refractivity contribution >= 4 is 40.6 Å². The number of Topliss-reactive ketones (excluding diaryl/α,β-unsaturated/α-hetero) is 1. The number of halogens is 2. The van der Waals surface area contributed by atoms with E-state index < -0.39 is 0 Å². The normalized spacial score (nSPS) is 15.5. The summed E-state index contributed by atoms with van der Waals surface area (Å²) in [5.41, 5.74) is 1.34. The Labute approximate surface area is 109 Å². The number of nitrogens with zero attached hydrogens (tertiary/aromatic N) is 1. The maximum atomic E-state index is 11.6. The van der Waals surface area contributed by atoms with Crippen molar-refractivity contribution in [1.29, 1.82) is 0 Å². The Bertz CT molecular complexity index is 500. The molecule has 0 aliphatic carbocycles. The van der Waals surface area contributed by atoms with Crippen LogP contribution in [0, 0.1) is 0 Å². The zero-order valence-electron chi connectivity index (χ0n) is 9.30. The van der Waals surface area contributed by atoms with E-state index in [0.717, 1.165) is 5.56 Å². The van der Waals surface area contributed by atoms with Crippen LogP contribution in [0.2, 0.25) is 10.0 Å². The van der Waals surface area contributed by atoms with Gasteiger partial charge in [0.15, 0.2) is 0 Å². The van der Waals surface area contributed by atoms with E-state index >= 15 is 0 Å². The van der Waals surface area contributed by atoms with Crippen molar-refractivity contribution in [2.45, 2.75) is 19.8 Å². The standard InChI is InChI=1S/C12H11Cl2NO2/c1-7(16)15-3-2-10(17)5-8-4-9(13)6-11(14)12(8)15/h4,6H,2-3,5H2,1H3. The summed E-state index contributed by atoms with van der Waals surface area (Å²) in [7, 11) is 0. The lowest BCUT2D eigenvalue weighted by Gasteiger charge is -2.22. The van der Waals surface area contributed by atoms with Crippen LogP contribution in [0.4, 0.5) is 5.69 Å². The monoisotopic (exact) mass is 271 g/mol. The molecule has 3 nitrogen and oxygen atoms in total. The van der Waals surface area contributed by atoms with E-state index in [1.165, 1.54) is 6.92 Å². The maximum absolute atomic E-state index is 11.6. The van der Waals surface area contributed by atoms with Gasteiger partial charge in [-0.15, -0.1) is 0 Å².